The molecule has 148 valence electrons. The van der Waals surface area contributed by atoms with E-state index in [0.717, 1.165) is 52.2 Å². The van der Waals surface area contributed by atoms with E-state index in [4.69, 9.17) is 10.1 Å². The van der Waals surface area contributed by atoms with E-state index in [1.165, 1.54) is 0 Å². The number of fused-ring (bicyclic) bond motifs is 1. The first kappa shape index (κ1) is 19.1. The van der Waals surface area contributed by atoms with E-state index >= 15 is 0 Å². The number of hydrogen-bond donors (Lipinski definition) is 1. The molecule has 0 saturated heterocycles. The fraction of sp³-hybridized carbons (Fsp3) is 0.476. The van der Waals surface area contributed by atoms with Gasteiger partial charge in [0.25, 0.3) is 0 Å². The number of allylic oxidation sites excluding steroid dienone is 2. The Hall–Kier alpha value is -2.28. The number of aromatic nitrogens is 3. The summed E-state index contributed by atoms with van der Waals surface area (Å²) in [5, 5.41) is 8.93. The van der Waals surface area contributed by atoms with Gasteiger partial charge in [0, 0.05) is 43.2 Å². The fourth-order valence-electron chi connectivity index (χ4n) is 3.70. The third kappa shape index (κ3) is 3.55. The van der Waals surface area contributed by atoms with Crippen LogP contribution in [0.25, 0.3) is 0 Å². The van der Waals surface area contributed by atoms with Gasteiger partial charge < -0.3 is 10.2 Å². The van der Waals surface area contributed by atoms with Crippen LogP contribution in [0, 0.1) is 5.92 Å². The molecule has 0 saturated carbocycles. The molecule has 6 nitrogen and oxygen atoms in total. The van der Waals surface area contributed by atoms with Crippen molar-refractivity contribution in [1.29, 1.82) is 0 Å². The highest BCUT2D eigenvalue weighted by molar-refractivity contribution is 7.99. The number of hydrogen-bond acceptors (Lipinski definition) is 6. The average Bonchev–Trinajstić information content (AvgIpc) is 3.07. The number of Topliss-reactive ketones (excluding diaryl/α,β-unsaturated/α-hetero) is 1. The number of ketones is 1. The predicted octanol–water partition coefficient (Wildman–Crippen LogP) is 4.11. The second-order valence-electron chi connectivity index (χ2n) is 8.05. The van der Waals surface area contributed by atoms with Crippen LogP contribution in [0.3, 0.4) is 0 Å². The number of benzene rings is 1. The molecule has 0 unspecified atom stereocenters. The quantitative estimate of drug-likeness (QED) is 0.766. The molecule has 0 fully saturated rings. The van der Waals surface area contributed by atoms with Gasteiger partial charge in [0.2, 0.25) is 11.1 Å². The molecule has 1 aliphatic carbocycles. The van der Waals surface area contributed by atoms with Crippen molar-refractivity contribution in [2.45, 2.75) is 44.3 Å². The first-order chi connectivity index (χ1) is 13.4. The molecule has 2 aromatic rings. The molecular formula is C21H27N5OS. The highest BCUT2D eigenvalue weighted by atomic mass is 32.2. The highest BCUT2D eigenvalue weighted by Crippen LogP contribution is 2.40. The number of nitrogens with zero attached hydrogens (tertiary/aromatic N) is 4. The topological polar surface area (TPSA) is 63.1 Å². The standard InChI is InChI=1S/C21H27N5OS/c1-13(2)12-28-21-23-20-22-16-6-5-7-17(27)18(16)19(26(20)24-21)14-8-10-15(11-9-14)25(3)4/h8-11,13,19H,5-7,12H2,1-4H3,(H,22,23,24)/t19-/m1/s1. The lowest BCUT2D eigenvalue weighted by Crippen LogP contribution is -2.31. The van der Waals surface area contributed by atoms with E-state index in [1.807, 2.05) is 18.8 Å². The zero-order valence-electron chi connectivity index (χ0n) is 16.9. The molecule has 1 aromatic carbocycles. The summed E-state index contributed by atoms with van der Waals surface area (Å²) in [4.78, 5) is 19.6. The van der Waals surface area contributed by atoms with Crippen molar-refractivity contribution in [1.82, 2.24) is 14.8 Å². The van der Waals surface area contributed by atoms with Crippen molar-refractivity contribution in [3.05, 3.63) is 41.1 Å². The van der Waals surface area contributed by atoms with Gasteiger partial charge in [-0.15, -0.1) is 5.10 Å². The van der Waals surface area contributed by atoms with E-state index < -0.39 is 0 Å². The summed E-state index contributed by atoms with van der Waals surface area (Å²) in [6, 6.07) is 8.18. The summed E-state index contributed by atoms with van der Waals surface area (Å²) in [7, 11) is 4.05. The van der Waals surface area contributed by atoms with Crippen LogP contribution in [0.2, 0.25) is 0 Å². The Kier molecular flexibility index (Phi) is 5.19. The lowest BCUT2D eigenvalue weighted by molar-refractivity contribution is -0.116. The van der Waals surface area contributed by atoms with Gasteiger partial charge in [-0.1, -0.05) is 37.7 Å². The minimum atomic E-state index is -0.212. The number of thioether (sulfide) groups is 1. The van der Waals surface area contributed by atoms with Gasteiger partial charge >= 0.3 is 0 Å². The average molecular weight is 398 g/mol. The zero-order valence-corrected chi connectivity index (χ0v) is 17.7. The van der Waals surface area contributed by atoms with Gasteiger partial charge in [-0.25, -0.2) is 4.68 Å². The molecule has 7 heteroatoms. The maximum Gasteiger partial charge on any atom is 0.227 e. The summed E-state index contributed by atoms with van der Waals surface area (Å²) in [6.07, 6.45) is 2.38. The first-order valence-corrected chi connectivity index (χ1v) is 10.8. The van der Waals surface area contributed by atoms with Crippen LogP contribution in [0.1, 0.15) is 44.7 Å². The third-order valence-electron chi connectivity index (χ3n) is 5.12. The molecule has 2 heterocycles. The minimum Gasteiger partial charge on any atom is -0.378 e. The predicted molar refractivity (Wildman–Crippen MR) is 114 cm³/mol. The Bertz CT molecular complexity index is 913. The molecule has 1 aliphatic heterocycles. The summed E-state index contributed by atoms with van der Waals surface area (Å²) in [6.45, 7) is 4.38. The van der Waals surface area contributed by atoms with Crippen LogP contribution in [0.15, 0.2) is 40.7 Å². The molecular weight excluding hydrogens is 370 g/mol. The van der Waals surface area contributed by atoms with Crippen LogP contribution in [0.4, 0.5) is 11.6 Å². The second-order valence-corrected chi connectivity index (χ2v) is 9.04. The Balaban J connectivity index is 1.76. The van der Waals surface area contributed by atoms with E-state index in [0.29, 0.717) is 12.3 Å². The molecule has 0 amide bonds. The summed E-state index contributed by atoms with van der Waals surface area (Å²) in [5.74, 6) is 2.49. The van der Waals surface area contributed by atoms with Gasteiger partial charge in [0.05, 0.1) is 0 Å². The molecule has 0 spiro atoms. The van der Waals surface area contributed by atoms with Crippen molar-refractivity contribution in [3.8, 4) is 0 Å². The van der Waals surface area contributed by atoms with Crippen molar-refractivity contribution in [2.24, 2.45) is 5.92 Å². The SMILES string of the molecule is CC(C)CSc1nc2n(n1)[C@H](c1ccc(N(C)C)cc1)C1=C(CCCC1=O)N2. The van der Waals surface area contributed by atoms with Crippen molar-refractivity contribution >= 4 is 29.2 Å². The van der Waals surface area contributed by atoms with Crippen molar-refractivity contribution in [3.63, 3.8) is 0 Å². The van der Waals surface area contributed by atoms with E-state index in [9.17, 15) is 4.79 Å². The van der Waals surface area contributed by atoms with Crippen molar-refractivity contribution in [2.75, 3.05) is 30.1 Å². The van der Waals surface area contributed by atoms with Gasteiger partial charge in [0.15, 0.2) is 5.78 Å². The third-order valence-corrected chi connectivity index (χ3v) is 6.38. The van der Waals surface area contributed by atoms with Crippen LogP contribution in [-0.4, -0.2) is 40.4 Å². The molecule has 4 rings (SSSR count). The molecule has 0 radical (unpaired) electrons. The van der Waals surface area contributed by atoms with Crippen molar-refractivity contribution < 1.29 is 4.79 Å². The van der Waals surface area contributed by atoms with Gasteiger partial charge in [-0.2, -0.15) is 4.98 Å². The summed E-state index contributed by atoms with van der Waals surface area (Å²) in [5.41, 5.74) is 4.06. The van der Waals surface area contributed by atoms with Gasteiger partial charge in [-0.05, 0) is 36.5 Å². The maximum atomic E-state index is 12.8. The molecule has 28 heavy (non-hydrogen) atoms. The fourth-order valence-corrected chi connectivity index (χ4v) is 4.48. The number of nitrogens with one attached hydrogen (secondary N) is 1. The van der Waals surface area contributed by atoms with Crippen LogP contribution in [-0.2, 0) is 4.79 Å². The Labute approximate surface area is 170 Å². The number of rotatable bonds is 5. The Morgan fingerprint density at radius 2 is 2.00 bits per heavy atom. The number of carbonyl (C=O) groups is 1. The normalized spacial score (nSPS) is 18.8. The van der Waals surface area contributed by atoms with Crippen LogP contribution >= 0.6 is 11.8 Å². The number of carbonyl (C=O) groups excluding carboxylic acids is 1. The molecule has 1 atom stereocenters. The molecule has 0 bridgehead atoms. The second kappa shape index (κ2) is 7.62. The van der Waals surface area contributed by atoms with Gasteiger partial charge in [0.1, 0.15) is 6.04 Å². The lowest BCUT2D eigenvalue weighted by Gasteiger charge is -2.32. The molecule has 2 aliphatic rings. The number of anilines is 2. The lowest BCUT2D eigenvalue weighted by atomic mass is 9.85. The smallest absolute Gasteiger partial charge is 0.227 e. The summed E-state index contributed by atoms with van der Waals surface area (Å²) >= 11 is 1.67. The largest absolute Gasteiger partial charge is 0.378 e. The Morgan fingerprint density at radius 3 is 2.68 bits per heavy atom. The summed E-state index contributed by atoms with van der Waals surface area (Å²) < 4.78 is 1.90. The monoisotopic (exact) mass is 397 g/mol. The van der Waals surface area contributed by atoms with E-state index in [-0.39, 0.29) is 11.8 Å². The van der Waals surface area contributed by atoms with Crippen LogP contribution in [0.5, 0.6) is 0 Å². The molecule has 1 aromatic heterocycles. The van der Waals surface area contributed by atoms with Gasteiger partial charge in [-0.3, -0.25) is 4.79 Å². The Morgan fingerprint density at radius 1 is 1.25 bits per heavy atom. The minimum absolute atomic E-state index is 0.212. The van der Waals surface area contributed by atoms with E-state index in [1.54, 1.807) is 11.8 Å². The highest BCUT2D eigenvalue weighted by Gasteiger charge is 2.36. The first-order valence-electron chi connectivity index (χ1n) is 9.84. The maximum absolute atomic E-state index is 12.8. The molecule has 1 N–H and O–H groups in total. The zero-order chi connectivity index (χ0) is 19.8. The van der Waals surface area contributed by atoms with E-state index in [2.05, 4.69) is 48.3 Å². The van der Waals surface area contributed by atoms with Crippen LogP contribution < -0.4 is 10.2 Å².